The highest BCUT2D eigenvalue weighted by Crippen LogP contribution is 2.20. The summed E-state index contributed by atoms with van der Waals surface area (Å²) in [5.41, 5.74) is 6.73. The standard InChI is InChI=1S/C12H18N2O/c13-10-11-6-2-3-7-12(11)15-14-8-4-1-5-9-14/h2-3,6-7H,1,4-5,8-10,13H2. The van der Waals surface area contributed by atoms with Gasteiger partial charge in [0.2, 0.25) is 0 Å². The molecule has 0 amide bonds. The SMILES string of the molecule is NCc1ccccc1ON1CCCCC1. The Balaban J connectivity index is 2.02. The van der Waals surface area contributed by atoms with E-state index in [1.165, 1.54) is 19.3 Å². The Hall–Kier alpha value is -1.06. The molecule has 0 bridgehead atoms. The van der Waals surface area contributed by atoms with Gasteiger partial charge in [-0.15, -0.1) is 5.06 Å². The Morgan fingerprint density at radius 3 is 2.60 bits per heavy atom. The van der Waals surface area contributed by atoms with Crippen molar-refractivity contribution in [1.82, 2.24) is 5.06 Å². The van der Waals surface area contributed by atoms with Gasteiger partial charge in [0.15, 0.2) is 5.75 Å². The van der Waals surface area contributed by atoms with Crippen molar-refractivity contribution in [2.24, 2.45) is 5.73 Å². The number of nitrogens with two attached hydrogens (primary N) is 1. The summed E-state index contributed by atoms with van der Waals surface area (Å²) in [5, 5.41) is 2.04. The molecule has 2 N–H and O–H groups in total. The lowest BCUT2D eigenvalue weighted by atomic mass is 10.2. The van der Waals surface area contributed by atoms with Crippen LogP contribution in [0.5, 0.6) is 5.75 Å². The fraction of sp³-hybridized carbons (Fsp3) is 0.500. The Bertz CT molecular complexity index is 308. The van der Waals surface area contributed by atoms with E-state index in [0.717, 1.165) is 24.4 Å². The summed E-state index contributed by atoms with van der Waals surface area (Å²) in [4.78, 5) is 5.83. The molecule has 1 fully saturated rings. The average Bonchev–Trinajstić information content (AvgIpc) is 2.31. The summed E-state index contributed by atoms with van der Waals surface area (Å²) in [5.74, 6) is 0.905. The number of para-hydroxylation sites is 1. The summed E-state index contributed by atoms with van der Waals surface area (Å²) < 4.78 is 0. The zero-order valence-corrected chi connectivity index (χ0v) is 8.98. The molecule has 1 aromatic carbocycles. The predicted octanol–water partition coefficient (Wildman–Crippen LogP) is 1.93. The zero-order chi connectivity index (χ0) is 10.5. The van der Waals surface area contributed by atoms with Gasteiger partial charge in [0.1, 0.15) is 0 Å². The summed E-state index contributed by atoms with van der Waals surface area (Å²) in [6.45, 7) is 2.59. The van der Waals surface area contributed by atoms with Crippen LogP contribution >= 0.6 is 0 Å². The van der Waals surface area contributed by atoms with Gasteiger partial charge in [-0.1, -0.05) is 24.6 Å². The molecule has 2 rings (SSSR count). The van der Waals surface area contributed by atoms with E-state index in [0.29, 0.717) is 6.54 Å². The van der Waals surface area contributed by atoms with Crippen LogP contribution in [0, 0.1) is 0 Å². The Kier molecular flexibility index (Phi) is 3.59. The molecule has 1 aliphatic heterocycles. The number of rotatable bonds is 3. The third-order valence-corrected chi connectivity index (χ3v) is 2.74. The summed E-state index contributed by atoms with van der Waals surface area (Å²) in [6, 6.07) is 7.97. The minimum Gasteiger partial charge on any atom is -0.406 e. The molecule has 1 saturated heterocycles. The normalized spacial score (nSPS) is 17.7. The Labute approximate surface area is 90.8 Å². The molecule has 0 saturated carbocycles. The maximum Gasteiger partial charge on any atom is 0.151 e. The highest BCUT2D eigenvalue weighted by molar-refractivity contribution is 5.32. The topological polar surface area (TPSA) is 38.5 Å². The van der Waals surface area contributed by atoms with Crippen LogP contribution < -0.4 is 10.6 Å². The molecule has 15 heavy (non-hydrogen) atoms. The van der Waals surface area contributed by atoms with Crippen LogP contribution in [0.15, 0.2) is 24.3 Å². The van der Waals surface area contributed by atoms with Crippen LogP contribution in [0.1, 0.15) is 24.8 Å². The molecule has 0 aliphatic carbocycles. The summed E-state index contributed by atoms with van der Waals surface area (Å²) in [7, 11) is 0. The minimum atomic E-state index is 0.532. The number of hydroxylamine groups is 2. The van der Waals surface area contributed by atoms with Crippen LogP contribution in [-0.2, 0) is 6.54 Å². The molecule has 3 heteroatoms. The highest BCUT2D eigenvalue weighted by atomic mass is 16.7. The second kappa shape index (κ2) is 5.14. The smallest absolute Gasteiger partial charge is 0.151 e. The monoisotopic (exact) mass is 206 g/mol. The van der Waals surface area contributed by atoms with Crippen molar-refractivity contribution < 1.29 is 4.84 Å². The van der Waals surface area contributed by atoms with E-state index in [4.69, 9.17) is 10.6 Å². The third kappa shape index (κ3) is 2.70. The van der Waals surface area contributed by atoms with Gasteiger partial charge >= 0.3 is 0 Å². The van der Waals surface area contributed by atoms with E-state index in [2.05, 4.69) is 0 Å². The quantitative estimate of drug-likeness (QED) is 0.821. The molecule has 82 valence electrons. The van der Waals surface area contributed by atoms with Gasteiger partial charge < -0.3 is 10.6 Å². The van der Waals surface area contributed by atoms with E-state index >= 15 is 0 Å². The summed E-state index contributed by atoms with van der Waals surface area (Å²) >= 11 is 0. The lowest BCUT2D eigenvalue weighted by molar-refractivity contribution is -0.0727. The first-order valence-electron chi connectivity index (χ1n) is 5.61. The molecule has 1 aromatic rings. The summed E-state index contributed by atoms with van der Waals surface area (Å²) in [6.07, 6.45) is 3.77. The maximum absolute atomic E-state index is 5.83. The first-order valence-corrected chi connectivity index (χ1v) is 5.61. The van der Waals surface area contributed by atoms with Gasteiger partial charge in [0.05, 0.1) is 0 Å². The van der Waals surface area contributed by atoms with Crippen molar-refractivity contribution in [3.63, 3.8) is 0 Å². The van der Waals surface area contributed by atoms with Gasteiger partial charge in [-0.05, 0) is 18.9 Å². The molecule has 3 nitrogen and oxygen atoms in total. The number of piperidine rings is 1. The average molecular weight is 206 g/mol. The van der Waals surface area contributed by atoms with Crippen LogP contribution in [0.3, 0.4) is 0 Å². The van der Waals surface area contributed by atoms with Crippen LogP contribution in [0.2, 0.25) is 0 Å². The molecule has 0 spiro atoms. The van der Waals surface area contributed by atoms with E-state index in [1.807, 2.05) is 29.3 Å². The molecule has 0 aromatic heterocycles. The van der Waals surface area contributed by atoms with Crippen molar-refractivity contribution in [1.29, 1.82) is 0 Å². The first-order chi connectivity index (χ1) is 7.40. The Morgan fingerprint density at radius 1 is 1.13 bits per heavy atom. The molecule has 1 heterocycles. The third-order valence-electron chi connectivity index (χ3n) is 2.74. The molecule has 0 atom stereocenters. The van der Waals surface area contributed by atoms with Gasteiger partial charge in [0, 0.05) is 25.2 Å². The first kappa shape index (κ1) is 10.5. The van der Waals surface area contributed by atoms with E-state index in [9.17, 15) is 0 Å². The number of hydrogen-bond donors (Lipinski definition) is 1. The van der Waals surface area contributed by atoms with Crippen molar-refractivity contribution in [3.05, 3.63) is 29.8 Å². The Morgan fingerprint density at radius 2 is 1.87 bits per heavy atom. The van der Waals surface area contributed by atoms with Gasteiger partial charge in [-0.25, -0.2) is 0 Å². The number of hydrogen-bond acceptors (Lipinski definition) is 3. The second-order valence-corrected chi connectivity index (χ2v) is 3.89. The fourth-order valence-corrected chi connectivity index (χ4v) is 1.86. The zero-order valence-electron chi connectivity index (χ0n) is 8.98. The largest absolute Gasteiger partial charge is 0.406 e. The molecular weight excluding hydrogens is 188 g/mol. The molecule has 0 unspecified atom stereocenters. The highest BCUT2D eigenvalue weighted by Gasteiger charge is 2.12. The maximum atomic E-state index is 5.83. The lowest BCUT2D eigenvalue weighted by Crippen LogP contribution is -2.33. The van der Waals surface area contributed by atoms with E-state index in [-0.39, 0.29) is 0 Å². The van der Waals surface area contributed by atoms with E-state index in [1.54, 1.807) is 0 Å². The van der Waals surface area contributed by atoms with Crippen molar-refractivity contribution in [2.45, 2.75) is 25.8 Å². The van der Waals surface area contributed by atoms with Crippen molar-refractivity contribution in [2.75, 3.05) is 13.1 Å². The number of nitrogens with zero attached hydrogens (tertiary/aromatic N) is 1. The molecule has 0 radical (unpaired) electrons. The van der Waals surface area contributed by atoms with Crippen LogP contribution in [0.25, 0.3) is 0 Å². The van der Waals surface area contributed by atoms with Gasteiger partial charge in [0.25, 0.3) is 0 Å². The number of benzene rings is 1. The lowest BCUT2D eigenvalue weighted by Gasteiger charge is -2.26. The van der Waals surface area contributed by atoms with Gasteiger partial charge in [-0.2, -0.15) is 0 Å². The fourth-order valence-electron chi connectivity index (χ4n) is 1.86. The van der Waals surface area contributed by atoms with Crippen LogP contribution in [-0.4, -0.2) is 18.2 Å². The van der Waals surface area contributed by atoms with Crippen molar-refractivity contribution in [3.8, 4) is 5.75 Å². The van der Waals surface area contributed by atoms with Crippen LogP contribution in [0.4, 0.5) is 0 Å². The predicted molar refractivity (Wildman–Crippen MR) is 60.4 cm³/mol. The second-order valence-electron chi connectivity index (χ2n) is 3.89. The van der Waals surface area contributed by atoms with Gasteiger partial charge in [-0.3, -0.25) is 0 Å². The van der Waals surface area contributed by atoms with Crippen molar-refractivity contribution >= 4 is 0 Å². The van der Waals surface area contributed by atoms with E-state index < -0.39 is 0 Å². The molecular formula is C12H18N2O. The molecule has 1 aliphatic rings. The minimum absolute atomic E-state index is 0.532.